The molecule has 384 valence electrons. The van der Waals surface area contributed by atoms with Crippen molar-refractivity contribution >= 4 is 70.1 Å². The Morgan fingerprint density at radius 3 is 1.07 bits per heavy atom. The minimum absolute atomic E-state index is 0. The first-order valence-corrected chi connectivity index (χ1v) is 23.7. The minimum Gasteiger partial charge on any atom is -0.487 e. The Labute approximate surface area is 474 Å². The molecule has 0 saturated heterocycles. The van der Waals surface area contributed by atoms with Crippen molar-refractivity contribution in [3.05, 3.63) is 279 Å². The van der Waals surface area contributed by atoms with Crippen molar-refractivity contribution in [3.63, 3.8) is 0 Å². The van der Waals surface area contributed by atoms with Gasteiger partial charge in [-0.1, -0.05) is 195 Å². The standard InChI is InChI=1S/2C18H14N4.2C13H11N2.2Pt/c2*1-21-13-22(18-17(21)19-10-11-20-18)16-9-5-8-15(12-16)14-6-3-2-4-7-14;2*1-3-7-12(8-4-1)14-11-15-13-9-5-2-6-10-13;;/h2*2-8,10-13H,1H3;2*1-11H;;/q2*-2;2*-1;;. The fourth-order valence-electron chi connectivity index (χ4n) is 7.59. The van der Waals surface area contributed by atoms with Crippen LogP contribution in [0, 0.1) is 25.5 Å². The van der Waals surface area contributed by atoms with Gasteiger partial charge in [0.2, 0.25) is 0 Å². The molecule has 0 fully saturated rings. The predicted molar refractivity (Wildman–Crippen MR) is 303 cm³/mol. The summed E-state index contributed by atoms with van der Waals surface area (Å²) in [6.07, 6.45) is 9.97. The number of benzene rings is 8. The molecule has 2 aliphatic rings. The molecule has 12 rings (SSSR count). The molecule has 10 aromatic rings. The molecule has 0 atom stereocenters. The molecule has 0 unspecified atom stereocenters. The van der Waals surface area contributed by atoms with E-state index < -0.39 is 0 Å². The molecule has 0 N–H and O–H groups in total. The topological polar surface area (TPSA) is 117 Å². The van der Waals surface area contributed by atoms with E-state index in [1.165, 1.54) is 11.1 Å². The molecule has 2 aliphatic heterocycles. The van der Waals surface area contributed by atoms with Crippen LogP contribution in [0.4, 0.5) is 57.4 Å². The van der Waals surface area contributed by atoms with Gasteiger partial charge in [0.05, 0.1) is 0 Å². The van der Waals surface area contributed by atoms with E-state index in [0.717, 1.165) is 68.5 Å². The molecule has 0 bridgehead atoms. The molecule has 2 aromatic heterocycles. The second kappa shape index (κ2) is 28.8. The van der Waals surface area contributed by atoms with Gasteiger partial charge in [0, 0.05) is 66.9 Å². The van der Waals surface area contributed by atoms with E-state index in [9.17, 15) is 0 Å². The summed E-state index contributed by atoms with van der Waals surface area (Å²) in [6.45, 7) is 3.95. The van der Waals surface area contributed by atoms with Gasteiger partial charge in [0.1, 0.15) is 23.3 Å². The smallest absolute Gasteiger partial charge is 0.143 e. The number of rotatable bonds is 10. The van der Waals surface area contributed by atoms with Crippen molar-refractivity contribution in [2.24, 2.45) is 9.98 Å². The molecule has 0 spiro atoms. The van der Waals surface area contributed by atoms with Gasteiger partial charge < -0.3 is 40.2 Å². The Hall–Kier alpha value is -8.56. The molecule has 0 saturated carbocycles. The zero-order chi connectivity index (χ0) is 50.6. The molecule has 0 aliphatic carbocycles. The number of anilines is 6. The number of aromatic nitrogens is 4. The summed E-state index contributed by atoms with van der Waals surface area (Å²) in [6, 6.07) is 78.5. The fraction of sp³-hybridized carbons (Fsp3) is 0.0323. The zero-order valence-electron chi connectivity index (χ0n) is 41.4. The SMILES string of the molecule is C(=Nc1ccccc1)[N-]c1ccccc1.C(=Nc1ccccc1)[N-]c1ccccc1.CN1[CH-]N(c2[c-]ccc(-c3ccccc3)c2)c2nccnc21.CN1[CH-]N(c2[c-]ccc(-c3ccccc3)c2)c2nccnc21.[Pt].[Pt]. The maximum absolute atomic E-state index is 4.44. The van der Waals surface area contributed by atoms with Crippen molar-refractivity contribution in [1.29, 1.82) is 0 Å². The van der Waals surface area contributed by atoms with Crippen molar-refractivity contribution in [3.8, 4) is 22.3 Å². The number of hydrogen-bond acceptors (Lipinski definition) is 10. The average molecular weight is 1350 g/mol. The normalized spacial score (nSPS) is 11.8. The van der Waals surface area contributed by atoms with Gasteiger partial charge in [-0.2, -0.15) is 36.4 Å². The van der Waals surface area contributed by atoms with Crippen LogP contribution >= 0.6 is 0 Å². The van der Waals surface area contributed by atoms with Gasteiger partial charge >= 0.3 is 0 Å². The van der Waals surface area contributed by atoms with E-state index in [4.69, 9.17) is 0 Å². The van der Waals surface area contributed by atoms with E-state index in [2.05, 4.69) is 101 Å². The number of para-hydroxylation sites is 4. The van der Waals surface area contributed by atoms with Crippen LogP contribution in [0.3, 0.4) is 0 Å². The Morgan fingerprint density at radius 2 is 0.711 bits per heavy atom. The quantitative estimate of drug-likeness (QED) is 0.0755. The largest absolute Gasteiger partial charge is 0.487 e. The fourth-order valence-corrected chi connectivity index (χ4v) is 7.59. The summed E-state index contributed by atoms with van der Waals surface area (Å²) >= 11 is 0. The first-order valence-electron chi connectivity index (χ1n) is 23.7. The van der Waals surface area contributed by atoms with E-state index in [1.807, 2.05) is 217 Å². The van der Waals surface area contributed by atoms with Gasteiger partial charge in [-0.05, 0) is 48.0 Å². The second-order valence-corrected chi connectivity index (χ2v) is 16.3. The molecular weight excluding hydrogens is 1300 g/mol. The summed E-state index contributed by atoms with van der Waals surface area (Å²) in [5, 5.41) is 8.42. The molecule has 0 amide bonds. The molecule has 14 heteroatoms. The van der Waals surface area contributed by atoms with Crippen LogP contribution in [-0.2, 0) is 42.1 Å². The van der Waals surface area contributed by atoms with Gasteiger partial charge in [0.25, 0.3) is 0 Å². The maximum atomic E-state index is 4.44. The summed E-state index contributed by atoms with van der Waals surface area (Å²) in [4.78, 5) is 34.0. The minimum atomic E-state index is 0. The van der Waals surface area contributed by atoms with Gasteiger partial charge in [-0.15, -0.1) is 48.0 Å². The van der Waals surface area contributed by atoms with Gasteiger partial charge in [0.15, 0.2) is 0 Å². The third-order valence-electron chi connectivity index (χ3n) is 11.2. The molecule has 4 heterocycles. The third kappa shape index (κ3) is 15.3. The first-order chi connectivity index (χ1) is 36.6. The third-order valence-corrected chi connectivity index (χ3v) is 11.2. The average Bonchev–Trinajstić information content (AvgIpc) is 4.01. The monoisotopic (exact) mass is 1350 g/mol. The van der Waals surface area contributed by atoms with E-state index in [1.54, 1.807) is 37.5 Å². The zero-order valence-corrected chi connectivity index (χ0v) is 45.9. The number of fused-ring (bicyclic) bond motifs is 2. The van der Waals surface area contributed by atoms with E-state index in [0.29, 0.717) is 0 Å². The van der Waals surface area contributed by atoms with Crippen LogP contribution in [0.1, 0.15) is 0 Å². The summed E-state index contributed by atoms with van der Waals surface area (Å²) in [5.74, 6) is 3.35. The van der Waals surface area contributed by atoms with Crippen molar-refractivity contribution in [2.75, 3.05) is 33.7 Å². The summed E-state index contributed by atoms with van der Waals surface area (Å²) in [5.41, 5.74) is 10.2. The maximum Gasteiger partial charge on any atom is 0.143 e. The number of hydrogen-bond donors (Lipinski definition) is 0. The van der Waals surface area contributed by atoms with Gasteiger partial charge in [-0.25, -0.2) is 19.9 Å². The Bertz CT molecular complexity index is 3120. The van der Waals surface area contributed by atoms with Crippen molar-refractivity contribution < 1.29 is 42.1 Å². The van der Waals surface area contributed by atoms with Crippen molar-refractivity contribution in [2.45, 2.75) is 0 Å². The summed E-state index contributed by atoms with van der Waals surface area (Å²) in [7, 11) is 3.93. The predicted octanol–water partition coefficient (Wildman–Crippen LogP) is 15.4. The number of aliphatic imine (C=N–C) groups is 2. The molecule has 12 nitrogen and oxygen atoms in total. The van der Waals surface area contributed by atoms with Crippen LogP contribution in [0.5, 0.6) is 0 Å². The molecule has 0 radical (unpaired) electrons. The van der Waals surface area contributed by atoms with Crippen LogP contribution < -0.4 is 19.6 Å². The molecule has 8 aromatic carbocycles. The molecular formula is C62H50N12Pt2-6. The van der Waals surface area contributed by atoms with Crippen molar-refractivity contribution in [1.82, 2.24) is 19.9 Å². The Kier molecular flexibility index (Phi) is 20.9. The second-order valence-electron chi connectivity index (χ2n) is 16.3. The van der Waals surface area contributed by atoms with Gasteiger partial charge in [-0.3, -0.25) is 0 Å². The molecule has 76 heavy (non-hydrogen) atoms. The Morgan fingerprint density at radius 1 is 0.395 bits per heavy atom. The Balaban J connectivity index is 0.000000149. The van der Waals surface area contributed by atoms with Crippen LogP contribution in [0.25, 0.3) is 32.9 Å². The van der Waals surface area contributed by atoms with Crippen LogP contribution in [0.15, 0.2) is 253 Å². The first kappa shape index (κ1) is 55.2. The van der Waals surface area contributed by atoms with E-state index >= 15 is 0 Å². The van der Waals surface area contributed by atoms with E-state index in [-0.39, 0.29) is 42.1 Å². The van der Waals surface area contributed by atoms with Crippen LogP contribution in [0.2, 0.25) is 0 Å². The number of nitrogens with zero attached hydrogens (tertiary/aromatic N) is 12. The van der Waals surface area contributed by atoms with Crippen LogP contribution in [-0.4, -0.2) is 46.7 Å². The summed E-state index contributed by atoms with van der Waals surface area (Å²) < 4.78 is 0.